The highest BCUT2D eigenvalue weighted by atomic mass is 32.2. The molecule has 0 aliphatic rings. The van der Waals surface area contributed by atoms with Crippen molar-refractivity contribution in [1.29, 1.82) is 0 Å². The Balaban J connectivity index is 3.50. The number of sulfone groups is 1. The molecule has 0 N–H and O–H groups in total. The lowest BCUT2D eigenvalue weighted by molar-refractivity contribution is 0.0599. The fraction of sp³-hybridized carbons (Fsp3) is 0.462. The van der Waals surface area contributed by atoms with Gasteiger partial charge in [0.15, 0.2) is 9.84 Å². The predicted molar refractivity (Wildman–Crippen MR) is 69.6 cm³/mol. The zero-order valence-electron chi connectivity index (χ0n) is 11.1. The Morgan fingerprint density at radius 1 is 1.33 bits per heavy atom. The predicted octanol–water partition coefficient (Wildman–Crippen LogP) is 2.14. The van der Waals surface area contributed by atoms with Crippen molar-refractivity contribution in [3.63, 3.8) is 0 Å². The summed E-state index contributed by atoms with van der Waals surface area (Å²) in [5, 5.41) is 0. The van der Waals surface area contributed by atoms with E-state index in [9.17, 15) is 13.2 Å². The van der Waals surface area contributed by atoms with E-state index in [0.29, 0.717) is 12.0 Å². The number of benzene rings is 1. The number of hydrogen-bond acceptors (Lipinski definition) is 4. The first kappa shape index (κ1) is 14.7. The Hall–Kier alpha value is -1.36. The largest absolute Gasteiger partial charge is 0.465 e. The van der Waals surface area contributed by atoms with Gasteiger partial charge in [-0.1, -0.05) is 19.4 Å². The summed E-state index contributed by atoms with van der Waals surface area (Å²) < 4.78 is 28.2. The van der Waals surface area contributed by atoms with Crippen LogP contribution in [0.2, 0.25) is 0 Å². The highest BCUT2D eigenvalue weighted by Crippen LogP contribution is 2.23. The molecule has 0 aliphatic carbocycles. The van der Waals surface area contributed by atoms with Crippen molar-refractivity contribution in [2.75, 3.05) is 13.4 Å². The van der Waals surface area contributed by atoms with Crippen LogP contribution in [0.25, 0.3) is 0 Å². The van der Waals surface area contributed by atoms with E-state index in [0.717, 1.165) is 23.8 Å². The zero-order valence-corrected chi connectivity index (χ0v) is 11.9. The average molecular weight is 270 g/mol. The molecule has 18 heavy (non-hydrogen) atoms. The number of aryl methyl sites for hydroxylation is 2. The number of esters is 1. The van der Waals surface area contributed by atoms with E-state index in [1.54, 1.807) is 13.0 Å². The monoisotopic (exact) mass is 270 g/mol. The minimum Gasteiger partial charge on any atom is -0.465 e. The molecule has 0 atom stereocenters. The molecular weight excluding hydrogens is 252 g/mol. The second-order valence-electron chi connectivity index (χ2n) is 4.29. The molecule has 1 aromatic carbocycles. The van der Waals surface area contributed by atoms with Crippen LogP contribution in [-0.4, -0.2) is 27.8 Å². The number of hydrogen-bond donors (Lipinski definition) is 0. The quantitative estimate of drug-likeness (QED) is 0.786. The van der Waals surface area contributed by atoms with Gasteiger partial charge in [0.2, 0.25) is 0 Å². The molecule has 0 bridgehead atoms. The third-order valence-electron chi connectivity index (χ3n) is 2.73. The summed E-state index contributed by atoms with van der Waals surface area (Å²) in [6.07, 6.45) is 2.67. The summed E-state index contributed by atoms with van der Waals surface area (Å²) >= 11 is 0. The molecule has 0 unspecified atom stereocenters. The summed E-state index contributed by atoms with van der Waals surface area (Å²) in [4.78, 5) is 11.8. The third kappa shape index (κ3) is 3.10. The first-order valence-corrected chi connectivity index (χ1v) is 7.62. The SMILES string of the molecule is CCCc1cc(C)c(C(=O)OC)cc1S(C)(=O)=O. The van der Waals surface area contributed by atoms with Crippen molar-refractivity contribution >= 4 is 15.8 Å². The highest BCUT2D eigenvalue weighted by Gasteiger charge is 2.18. The van der Waals surface area contributed by atoms with Gasteiger partial charge in [0.1, 0.15) is 0 Å². The van der Waals surface area contributed by atoms with Gasteiger partial charge in [-0.05, 0) is 30.5 Å². The van der Waals surface area contributed by atoms with Crippen LogP contribution in [0, 0.1) is 6.92 Å². The van der Waals surface area contributed by atoms with E-state index in [2.05, 4.69) is 4.74 Å². The molecule has 5 heteroatoms. The molecule has 100 valence electrons. The topological polar surface area (TPSA) is 60.4 Å². The maximum absolute atomic E-state index is 11.8. The molecule has 1 rings (SSSR count). The summed E-state index contributed by atoms with van der Waals surface area (Å²) in [5.74, 6) is -0.513. The van der Waals surface area contributed by atoms with Crippen molar-refractivity contribution in [3.8, 4) is 0 Å². The Bertz CT molecular complexity index is 559. The second-order valence-corrected chi connectivity index (χ2v) is 6.27. The van der Waals surface area contributed by atoms with Crippen molar-refractivity contribution in [1.82, 2.24) is 0 Å². The van der Waals surface area contributed by atoms with Crippen LogP contribution in [0.5, 0.6) is 0 Å². The molecule has 0 saturated heterocycles. The van der Waals surface area contributed by atoms with Crippen LogP contribution < -0.4 is 0 Å². The second kappa shape index (κ2) is 5.52. The summed E-state index contributed by atoms with van der Waals surface area (Å²) in [5.41, 5.74) is 1.79. The minimum absolute atomic E-state index is 0.218. The van der Waals surface area contributed by atoms with Gasteiger partial charge in [-0.3, -0.25) is 0 Å². The smallest absolute Gasteiger partial charge is 0.338 e. The van der Waals surface area contributed by atoms with Crippen molar-refractivity contribution in [2.45, 2.75) is 31.6 Å². The number of carbonyl (C=O) groups excluding carboxylic acids is 1. The van der Waals surface area contributed by atoms with Gasteiger partial charge in [0.05, 0.1) is 17.6 Å². The lowest BCUT2D eigenvalue weighted by atomic mass is 10.0. The molecule has 0 amide bonds. The van der Waals surface area contributed by atoms with Crippen LogP contribution in [-0.2, 0) is 21.0 Å². The summed E-state index contributed by atoms with van der Waals surface area (Å²) in [6.45, 7) is 3.76. The lowest BCUT2D eigenvalue weighted by Crippen LogP contribution is -2.09. The van der Waals surface area contributed by atoms with Gasteiger partial charge < -0.3 is 4.74 Å². The fourth-order valence-electron chi connectivity index (χ4n) is 1.89. The van der Waals surface area contributed by atoms with Gasteiger partial charge >= 0.3 is 5.97 Å². The Morgan fingerprint density at radius 3 is 2.39 bits per heavy atom. The van der Waals surface area contributed by atoms with Crippen LogP contribution in [0.15, 0.2) is 17.0 Å². The molecule has 4 nitrogen and oxygen atoms in total. The van der Waals surface area contributed by atoms with Crippen molar-refractivity contribution in [3.05, 3.63) is 28.8 Å². The molecule has 0 radical (unpaired) electrons. The van der Waals surface area contributed by atoms with E-state index >= 15 is 0 Å². The van der Waals surface area contributed by atoms with Crippen LogP contribution in [0.4, 0.5) is 0 Å². The van der Waals surface area contributed by atoms with Gasteiger partial charge in [-0.2, -0.15) is 0 Å². The molecule has 0 spiro atoms. The molecule has 1 aromatic rings. The Labute approximate surface area is 108 Å². The maximum atomic E-state index is 11.8. The third-order valence-corrected chi connectivity index (χ3v) is 3.91. The van der Waals surface area contributed by atoms with Crippen LogP contribution >= 0.6 is 0 Å². The Kier molecular flexibility index (Phi) is 4.51. The molecule has 0 heterocycles. The van der Waals surface area contributed by atoms with E-state index < -0.39 is 15.8 Å². The van der Waals surface area contributed by atoms with Gasteiger partial charge in [-0.15, -0.1) is 0 Å². The van der Waals surface area contributed by atoms with Crippen molar-refractivity contribution < 1.29 is 17.9 Å². The molecule has 0 saturated carbocycles. The molecular formula is C13H18O4S. The van der Waals surface area contributed by atoms with Gasteiger partial charge in [-0.25, -0.2) is 13.2 Å². The number of methoxy groups -OCH3 is 1. The zero-order chi connectivity index (χ0) is 13.9. The van der Waals surface area contributed by atoms with E-state index in [1.165, 1.54) is 13.2 Å². The summed E-state index contributed by atoms with van der Waals surface area (Å²) in [7, 11) is -2.06. The van der Waals surface area contributed by atoms with E-state index in [-0.39, 0.29) is 4.90 Å². The minimum atomic E-state index is -3.34. The number of ether oxygens (including phenoxy) is 1. The highest BCUT2D eigenvalue weighted by molar-refractivity contribution is 7.90. The first-order valence-electron chi connectivity index (χ1n) is 5.73. The number of rotatable bonds is 4. The van der Waals surface area contributed by atoms with E-state index in [4.69, 9.17) is 0 Å². The lowest BCUT2D eigenvalue weighted by Gasteiger charge is -2.12. The van der Waals surface area contributed by atoms with Crippen molar-refractivity contribution in [2.24, 2.45) is 0 Å². The van der Waals surface area contributed by atoms with Crippen LogP contribution in [0.3, 0.4) is 0 Å². The molecule has 0 fully saturated rings. The maximum Gasteiger partial charge on any atom is 0.338 e. The Morgan fingerprint density at radius 2 is 1.94 bits per heavy atom. The normalized spacial score (nSPS) is 11.3. The average Bonchev–Trinajstić information content (AvgIpc) is 2.27. The fourth-order valence-corrected chi connectivity index (χ4v) is 2.86. The molecule has 0 aliphatic heterocycles. The number of carbonyl (C=O) groups is 1. The van der Waals surface area contributed by atoms with Gasteiger partial charge in [0, 0.05) is 6.26 Å². The van der Waals surface area contributed by atoms with E-state index in [1.807, 2.05) is 6.92 Å². The first-order chi connectivity index (χ1) is 8.31. The van der Waals surface area contributed by atoms with Crippen LogP contribution in [0.1, 0.15) is 34.8 Å². The standard InChI is InChI=1S/C13H18O4S/c1-5-6-10-7-9(2)11(13(14)17-3)8-12(10)18(4,15)16/h7-8H,5-6H2,1-4H3. The molecule has 0 aromatic heterocycles. The summed E-state index contributed by atoms with van der Waals surface area (Å²) in [6, 6.07) is 3.17. The van der Waals surface area contributed by atoms with Gasteiger partial charge in [0.25, 0.3) is 0 Å².